The fourth-order valence-electron chi connectivity index (χ4n) is 4.76. The summed E-state index contributed by atoms with van der Waals surface area (Å²) in [6.07, 6.45) is 0.563. The Hall–Kier alpha value is -3.57. The Bertz CT molecular complexity index is 1360. The Morgan fingerprint density at radius 2 is 1.71 bits per heavy atom. The zero-order valence-electron chi connectivity index (χ0n) is 19.0. The number of rotatable bonds is 6. The van der Waals surface area contributed by atoms with E-state index in [0.29, 0.717) is 36.8 Å². The minimum absolute atomic E-state index is 0.146. The Morgan fingerprint density at radius 1 is 1.00 bits per heavy atom. The molecule has 1 atom stereocenters. The molecule has 4 aromatic rings. The molecular formula is C28H26ClN3O2. The molecule has 2 amide bonds. The average Bonchev–Trinajstić information content (AvgIpc) is 3.22. The molecule has 172 valence electrons. The van der Waals surface area contributed by atoms with Crippen LogP contribution in [0.25, 0.3) is 10.9 Å². The summed E-state index contributed by atoms with van der Waals surface area (Å²) in [6, 6.07) is 27.2. The van der Waals surface area contributed by atoms with Gasteiger partial charge < -0.3 is 14.8 Å². The number of amides is 2. The predicted octanol–water partition coefficient (Wildman–Crippen LogP) is 5.07. The third kappa shape index (κ3) is 3.97. The van der Waals surface area contributed by atoms with Gasteiger partial charge in [0.15, 0.2) is 0 Å². The van der Waals surface area contributed by atoms with E-state index in [1.165, 1.54) is 0 Å². The van der Waals surface area contributed by atoms with E-state index in [-0.39, 0.29) is 11.8 Å². The topological polar surface area (TPSA) is 54.3 Å². The van der Waals surface area contributed by atoms with Crippen LogP contribution < -0.4 is 5.32 Å². The van der Waals surface area contributed by atoms with Gasteiger partial charge in [0.2, 0.25) is 5.91 Å². The van der Waals surface area contributed by atoms with E-state index >= 15 is 0 Å². The highest BCUT2D eigenvalue weighted by molar-refractivity contribution is 6.31. The minimum Gasteiger partial charge on any atom is -0.350 e. The zero-order valence-corrected chi connectivity index (χ0v) is 19.8. The summed E-state index contributed by atoms with van der Waals surface area (Å²) in [4.78, 5) is 29.1. The number of halogens is 1. The first-order valence-electron chi connectivity index (χ1n) is 11.4. The summed E-state index contributed by atoms with van der Waals surface area (Å²) in [5.41, 5.74) is 2.47. The zero-order chi connectivity index (χ0) is 23.7. The minimum atomic E-state index is -1.05. The van der Waals surface area contributed by atoms with Crippen molar-refractivity contribution in [3.05, 3.63) is 107 Å². The monoisotopic (exact) mass is 471 g/mol. The van der Waals surface area contributed by atoms with E-state index < -0.39 is 5.54 Å². The molecule has 5 rings (SSSR count). The summed E-state index contributed by atoms with van der Waals surface area (Å²) in [5, 5.41) is 4.72. The lowest BCUT2D eigenvalue weighted by atomic mass is 9.93. The van der Waals surface area contributed by atoms with Gasteiger partial charge in [0, 0.05) is 29.0 Å². The fourth-order valence-corrected chi connectivity index (χ4v) is 4.99. The Kier molecular flexibility index (Phi) is 5.88. The van der Waals surface area contributed by atoms with Gasteiger partial charge in [-0.25, -0.2) is 0 Å². The lowest BCUT2D eigenvalue weighted by Crippen LogP contribution is -2.64. The number of para-hydroxylation sites is 1. The number of carbonyl (C=O) groups is 2. The molecule has 0 saturated carbocycles. The molecule has 1 aromatic heterocycles. The SMILES string of the molecule is C[C@]1(C(=O)NCc2ccccc2)Cn2c(cc3ccccc32)C(=O)N1CCc1ccccc1Cl. The molecule has 0 aliphatic carbocycles. The molecule has 34 heavy (non-hydrogen) atoms. The maximum atomic E-state index is 13.8. The van der Waals surface area contributed by atoms with Crippen molar-refractivity contribution in [2.75, 3.05) is 6.54 Å². The molecule has 0 fully saturated rings. The average molecular weight is 472 g/mol. The summed E-state index contributed by atoms with van der Waals surface area (Å²) in [7, 11) is 0. The first-order valence-corrected chi connectivity index (χ1v) is 11.8. The molecule has 0 radical (unpaired) electrons. The largest absolute Gasteiger partial charge is 0.350 e. The molecule has 0 spiro atoms. The number of nitrogens with one attached hydrogen (secondary N) is 1. The summed E-state index contributed by atoms with van der Waals surface area (Å²) >= 11 is 6.38. The second kappa shape index (κ2) is 8.99. The third-order valence-electron chi connectivity index (χ3n) is 6.68. The van der Waals surface area contributed by atoms with Crippen LogP contribution >= 0.6 is 11.6 Å². The van der Waals surface area contributed by atoms with Gasteiger partial charge in [-0.2, -0.15) is 0 Å². The van der Waals surface area contributed by atoms with Crippen LogP contribution in [0.3, 0.4) is 0 Å². The predicted molar refractivity (Wildman–Crippen MR) is 135 cm³/mol. The van der Waals surface area contributed by atoms with E-state index in [0.717, 1.165) is 22.0 Å². The van der Waals surface area contributed by atoms with Crippen LogP contribution in [-0.4, -0.2) is 33.4 Å². The first-order chi connectivity index (χ1) is 16.5. The molecule has 1 aliphatic heterocycles. The van der Waals surface area contributed by atoms with E-state index in [1.807, 2.05) is 96.4 Å². The van der Waals surface area contributed by atoms with Gasteiger partial charge in [-0.1, -0.05) is 78.3 Å². The van der Waals surface area contributed by atoms with E-state index in [1.54, 1.807) is 4.90 Å². The van der Waals surface area contributed by atoms with Crippen molar-refractivity contribution >= 4 is 34.3 Å². The van der Waals surface area contributed by atoms with Crippen molar-refractivity contribution in [3.63, 3.8) is 0 Å². The van der Waals surface area contributed by atoms with Crippen LogP contribution in [0.4, 0.5) is 0 Å². The van der Waals surface area contributed by atoms with Gasteiger partial charge >= 0.3 is 0 Å². The van der Waals surface area contributed by atoms with Crippen LogP contribution in [0.5, 0.6) is 0 Å². The maximum Gasteiger partial charge on any atom is 0.271 e. The quantitative estimate of drug-likeness (QED) is 0.427. The third-order valence-corrected chi connectivity index (χ3v) is 7.05. The van der Waals surface area contributed by atoms with Gasteiger partial charge in [0.05, 0.1) is 6.54 Å². The van der Waals surface area contributed by atoms with Crippen molar-refractivity contribution in [1.82, 2.24) is 14.8 Å². The smallest absolute Gasteiger partial charge is 0.271 e. The highest BCUT2D eigenvalue weighted by Crippen LogP contribution is 2.33. The normalized spacial score (nSPS) is 17.6. The highest BCUT2D eigenvalue weighted by Gasteiger charge is 2.47. The highest BCUT2D eigenvalue weighted by atomic mass is 35.5. The van der Waals surface area contributed by atoms with Crippen LogP contribution in [0.15, 0.2) is 84.9 Å². The molecule has 3 aromatic carbocycles. The molecule has 0 saturated heterocycles. The van der Waals surface area contributed by atoms with Crippen molar-refractivity contribution in [2.24, 2.45) is 0 Å². The lowest BCUT2D eigenvalue weighted by molar-refractivity contribution is -0.133. The Balaban J connectivity index is 1.49. The molecule has 0 bridgehead atoms. The molecule has 1 aliphatic rings. The summed E-state index contributed by atoms with van der Waals surface area (Å²) in [6.45, 7) is 3.03. The second-order valence-electron chi connectivity index (χ2n) is 8.91. The second-order valence-corrected chi connectivity index (χ2v) is 9.32. The number of nitrogens with zero attached hydrogens (tertiary/aromatic N) is 2. The van der Waals surface area contributed by atoms with Gasteiger partial charge in [0.25, 0.3) is 5.91 Å². The first kappa shape index (κ1) is 22.2. The number of aromatic nitrogens is 1. The van der Waals surface area contributed by atoms with Crippen molar-refractivity contribution in [3.8, 4) is 0 Å². The molecule has 2 heterocycles. The summed E-state index contributed by atoms with van der Waals surface area (Å²) < 4.78 is 1.98. The van der Waals surface area contributed by atoms with Crippen LogP contribution in [0.2, 0.25) is 5.02 Å². The van der Waals surface area contributed by atoms with Crippen molar-refractivity contribution < 1.29 is 9.59 Å². The van der Waals surface area contributed by atoms with E-state index in [2.05, 4.69) is 5.32 Å². The summed E-state index contributed by atoms with van der Waals surface area (Å²) in [5.74, 6) is -0.320. The van der Waals surface area contributed by atoms with Crippen LogP contribution in [-0.2, 0) is 24.3 Å². The van der Waals surface area contributed by atoms with Gasteiger partial charge in [-0.15, -0.1) is 0 Å². The molecule has 0 unspecified atom stereocenters. The van der Waals surface area contributed by atoms with Crippen LogP contribution in [0.1, 0.15) is 28.5 Å². The number of carbonyl (C=O) groups excluding carboxylic acids is 2. The maximum absolute atomic E-state index is 13.8. The van der Waals surface area contributed by atoms with Crippen molar-refractivity contribution in [2.45, 2.75) is 32.0 Å². The molecule has 6 heteroatoms. The van der Waals surface area contributed by atoms with E-state index in [4.69, 9.17) is 11.6 Å². The van der Waals surface area contributed by atoms with E-state index in [9.17, 15) is 9.59 Å². The van der Waals surface area contributed by atoms with Crippen molar-refractivity contribution in [1.29, 1.82) is 0 Å². The standard InChI is InChI=1S/C28H26ClN3O2/c1-28(27(34)30-18-20-9-3-2-4-10-20)19-31-24-14-8-6-12-22(24)17-25(31)26(33)32(28)16-15-21-11-5-7-13-23(21)29/h2-14,17H,15-16,18-19H2,1H3,(H,30,34)/t28-/m1/s1. The molecule has 1 N–H and O–H groups in total. The van der Waals surface area contributed by atoms with Gasteiger partial charge in [-0.3, -0.25) is 9.59 Å². The number of benzene rings is 3. The Morgan fingerprint density at radius 3 is 2.50 bits per heavy atom. The number of hydrogen-bond acceptors (Lipinski definition) is 2. The number of hydrogen-bond donors (Lipinski definition) is 1. The Labute approximate surface area is 203 Å². The van der Waals surface area contributed by atoms with Gasteiger partial charge in [0.1, 0.15) is 11.2 Å². The van der Waals surface area contributed by atoms with Crippen LogP contribution in [0, 0.1) is 0 Å². The lowest BCUT2D eigenvalue weighted by Gasteiger charge is -2.44. The molecule has 5 nitrogen and oxygen atoms in total. The fraction of sp³-hybridized carbons (Fsp3) is 0.214. The van der Waals surface area contributed by atoms with Gasteiger partial charge in [-0.05, 0) is 42.7 Å². The number of fused-ring (bicyclic) bond motifs is 3. The molecular weight excluding hydrogens is 446 g/mol.